The van der Waals surface area contributed by atoms with Gasteiger partial charge in [-0.3, -0.25) is 4.79 Å². The Labute approximate surface area is 122 Å². The Kier molecular flexibility index (Phi) is 6.26. The number of ether oxygens (including phenoxy) is 1. The second kappa shape index (κ2) is 7.96. The van der Waals surface area contributed by atoms with E-state index >= 15 is 0 Å². The maximum atomic E-state index is 12.3. The monoisotopic (exact) mass is 283 g/mol. The average molecular weight is 283 g/mol. The highest BCUT2D eigenvalue weighted by Crippen LogP contribution is 2.12. The summed E-state index contributed by atoms with van der Waals surface area (Å²) in [7, 11) is 2.13. The molecule has 0 saturated carbocycles. The van der Waals surface area contributed by atoms with Crippen molar-refractivity contribution < 1.29 is 9.53 Å². The van der Waals surface area contributed by atoms with Crippen LogP contribution in [0.5, 0.6) is 0 Å². The molecule has 2 fully saturated rings. The predicted molar refractivity (Wildman–Crippen MR) is 79.7 cm³/mol. The van der Waals surface area contributed by atoms with Crippen molar-refractivity contribution >= 4 is 5.91 Å². The molecule has 5 heteroatoms. The average Bonchev–Trinajstić information content (AvgIpc) is 2.60. The van der Waals surface area contributed by atoms with Crippen LogP contribution in [0.1, 0.15) is 32.6 Å². The molecule has 1 atom stereocenters. The van der Waals surface area contributed by atoms with Crippen LogP contribution < -0.4 is 5.32 Å². The fourth-order valence-electron chi connectivity index (χ4n) is 3.16. The number of likely N-dealkylation sites (N-methyl/N-ethyl adjacent to an activating group) is 1. The summed E-state index contributed by atoms with van der Waals surface area (Å²) >= 11 is 0. The van der Waals surface area contributed by atoms with Crippen molar-refractivity contribution in [3.63, 3.8) is 0 Å². The summed E-state index contributed by atoms with van der Waals surface area (Å²) < 4.78 is 5.83. The van der Waals surface area contributed by atoms with E-state index in [1.807, 2.05) is 4.90 Å². The smallest absolute Gasteiger partial charge is 0.225 e. The summed E-state index contributed by atoms with van der Waals surface area (Å²) in [5.74, 6) is 0.252. The van der Waals surface area contributed by atoms with Crippen LogP contribution in [0, 0.1) is 0 Å². The van der Waals surface area contributed by atoms with Gasteiger partial charge >= 0.3 is 0 Å². The minimum atomic E-state index is 0.252. The number of nitrogens with one attached hydrogen (secondary N) is 1. The van der Waals surface area contributed by atoms with E-state index in [1.54, 1.807) is 0 Å². The SMILES string of the molecule is CC1CN(C)CCCN1C(=O)CCOC1CCNCC1. The van der Waals surface area contributed by atoms with Crippen LogP contribution in [0.2, 0.25) is 0 Å². The van der Waals surface area contributed by atoms with Crippen LogP contribution >= 0.6 is 0 Å². The molecule has 2 saturated heterocycles. The van der Waals surface area contributed by atoms with Crippen LogP contribution in [-0.4, -0.2) is 74.2 Å². The van der Waals surface area contributed by atoms with Crippen molar-refractivity contribution in [1.29, 1.82) is 0 Å². The van der Waals surface area contributed by atoms with E-state index in [1.165, 1.54) is 0 Å². The van der Waals surface area contributed by atoms with E-state index < -0.39 is 0 Å². The molecule has 0 spiro atoms. The second-order valence-corrected chi connectivity index (χ2v) is 6.12. The Morgan fingerprint density at radius 3 is 2.80 bits per heavy atom. The zero-order chi connectivity index (χ0) is 14.4. The third-order valence-corrected chi connectivity index (χ3v) is 4.32. The first-order valence-corrected chi connectivity index (χ1v) is 7.97. The Bertz CT molecular complexity index is 305. The Hall–Kier alpha value is -0.650. The molecule has 0 aliphatic carbocycles. The van der Waals surface area contributed by atoms with Gasteiger partial charge in [0.25, 0.3) is 0 Å². The maximum absolute atomic E-state index is 12.3. The first-order chi connectivity index (χ1) is 9.66. The van der Waals surface area contributed by atoms with Gasteiger partial charge in [-0.15, -0.1) is 0 Å². The van der Waals surface area contributed by atoms with Crippen molar-refractivity contribution in [1.82, 2.24) is 15.1 Å². The molecule has 116 valence electrons. The third-order valence-electron chi connectivity index (χ3n) is 4.32. The predicted octanol–water partition coefficient (Wildman–Crippen LogP) is 0.698. The summed E-state index contributed by atoms with van der Waals surface area (Å²) in [5.41, 5.74) is 0. The molecule has 1 amide bonds. The van der Waals surface area contributed by atoms with E-state index in [0.29, 0.717) is 25.2 Å². The van der Waals surface area contributed by atoms with Gasteiger partial charge in [-0.25, -0.2) is 0 Å². The Balaban J connectivity index is 1.70. The van der Waals surface area contributed by atoms with Crippen molar-refractivity contribution in [3.05, 3.63) is 0 Å². The third kappa shape index (κ3) is 4.72. The zero-order valence-electron chi connectivity index (χ0n) is 12.9. The quantitative estimate of drug-likeness (QED) is 0.825. The van der Waals surface area contributed by atoms with Crippen LogP contribution in [-0.2, 0) is 9.53 Å². The van der Waals surface area contributed by atoms with Crippen LogP contribution in [0.4, 0.5) is 0 Å². The summed E-state index contributed by atoms with van der Waals surface area (Å²) in [5, 5.41) is 3.32. The molecule has 0 radical (unpaired) electrons. The van der Waals surface area contributed by atoms with E-state index in [0.717, 1.165) is 52.0 Å². The molecule has 1 unspecified atom stereocenters. The van der Waals surface area contributed by atoms with Crippen molar-refractivity contribution in [2.24, 2.45) is 0 Å². The van der Waals surface area contributed by atoms with Crippen molar-refractivity contribution in [3.8, 4) is 0 Å². The van der Waals surface area contributed by atoms with Gasteiger partial charge in [-0.1, -0.05) is 0 Å². The van der Waals surface area contributed by atoms with E-state index in [2.05, 4.69) is 24.2 Å². The van der Waals surface area contributed by atoms with Crippen molar-refractivity contribution in [2.45, 2.75) is 44.8 Å². The van der Waals surface area contributed by atoms with Crippen LogP contribution in [0.3, 0.4) is 0 Å². The number of piperidine rings is 1. The molecule has 0 bridgehead atoms. The van der Waals surface area contributed by atoms with E-state index in [9.17, 15) is 4.79 Å². The fraction of sp³-hybridized carbons (Fsp3) is 0.933. The lowest BCUT2D eigenvalue weighted by molar-refractivity contribution is -0.134. The lowest BCUT2D eigenvalue weighted by Gasteiger charge is -2.28. The lowest BCUT2D eigenvalue weighted by atomic mass is 10.1. The molecule has 2 aliphatic heterocycles. The highest BCUT2D eigenvalue weighted by molar-refractivity contribution is 5.76. The van der Waals surface area contributed by atoms with Gasteiger partial charge in [0.2, 0.25) is 5.91 Å². The molecule has 2 aliphatic rings. The van der Waals surface area contributed by atoms with Gasteiger partial charge in [-0.05, 0) is 52.9 Å². The molecule has 0 aromatic rings. The highest BCUT2D eigenvalue weighted by atomic mass is 16.5. The van der Waals surface area contributed by atoms with Gasteiger partial charge < -0.3 is 19.9 Å². The first kappa shape index (κ1) is 15.7. The van der Waals surface area contributed by atoms with Gasteiger partial charge in [-0.2, -0.15) is 0 Å². The van der Waals surface area contributed by atoms with Crippen LogP contribution in [0.25, 0.3) is 0 Å². The minimum absolute atomic E-state index is 0.252. The standard InChI is InChI=1S/C15H29N3O2/c1-13-12-17(2)9-3-10-18(13)15(19)6-11-20-14-4-7-16-8-5-14/h13-14,16H,3-12H2,1-2H3. The lowest BCUT2D eigenvalue weighted by Crippen LogP contribution is -2.42. The number of carbonyl (C=O) groups is 1. The summed E-state index contributed by atoms with van der Waals surface area (Å²) in [6.07, 6.45) is 4.08. The Morgan fingerprint density at radius 2 is 2.05 bits per heavy atom. The number of nitrogens with zero attached hydrogens (tertiary/aromatic N) is 2. The molecule has 5 nitrogen and oxygen atoms in total. The normalized spacial score (nSPS) is 26.5. The number of carbonyl (C=O) groups excluding carboxylic acids is 1. The largest absolute Gasteiger partial charge is 0.378 e. The molecule has 20 heavy (non-hydrogen) atoms. The molecule has 2 rings (SSSR count). The molecule has 2 heterocycles. The van der Waals surface area contributed by atoms with E-state index in [4.69, 9.17) is 4.74 Å². The second-order valence-electron chi connectivity index (χ2n) is 6.12. The summed E-state index contributed by atoms with van der Waals surface area (Å²) in [4.78, 5) is 16.7. The first-order valence-electron chi connectivity index (χ1n) is 7.97. The van der Waals surface area contributed by atoms with Gasteiger partial charge in [0.15, 0.2) is 0 Å². The zero-order valence-corrected chi connectivity index (χ0v) is 12.9. The molecular weight excluding hydrogens is 254 g/mol. The molecule has 0 aromatic heterocycles. The summed E-state index contributed by atoms with van der Waals surface area (Å²) in [6.45, 7) is 7.73. The topological polar surface area (TPSA) is 44.8 Å². The maximum Gasteiger partial charge on any atom is 0.225 e. The molecule has 0 aromatic carbocycles. The fourth-order valence-corrected chi connectivity index (χ4v) is 3.16. The summed E-state index contributed by atoms with van der Waals surface area (Å²) in [6, 6.07) is 0.314. The van der Waals surface area contributed by atoms with Crippen LogP contribution in [0.15, 0.2) is 0 Å². The number of rotatable bonds is 4. The Morgan fingerprint density at radius 1 is 1.30 bits per heavy atom. The van der Waals surface area contributed by atoms with Gasteiger partial charge in [0.05, 0.1) is 19.1 Å². The molecule has 1 N–H and O–H groups in total. The highest BCUT2D eigenvalue weighted by Gasteiger charge is 2.24. The van der Waals surface area contributed by atoms with E-state index in [-0.39, 0.29) is 5.91 Å². The number of hydrogen-bond acceptors (Lipinski definition) is 4. The van der Waals surface area contributed by atoms with Gasteiger partial charge in [0.1, 0.15) is 0 Å². The molecular formula is C15H29N3O2. The number of hydrogen-bond donors (Lipinski definition) is 1. The van der Waals surface area contributed by atoms with Gasteiger partial charge in [0, 0.05) is 19.1 Å². The van der Waals surface area contributed by atoms with Crippen molar-refractivity contribution in [2.75, 3.05) is 46.4 Å². The number of amides is 1. The minimum Gasteiger partial charge on any atom is -0.378 e.